The average Bonchev–Trinajstić information content (AvgIpc) is 2.63. The van der Waals surface area contributed by atoms with Gasteiger partial charge in [-0.15, -0.1) is 0 Å². The van der Waals surface area contributed by atoms with Crippen molar-refractivity contribution >= 4 is 11.7 Å². The molecule has 2 heterocycles. The van der Waals surface area contributed by atoms with E-state index in [-0.39, 0.29) is 11.8 Å². The predicted molar refractivity (Wildman–Crippen MR) is 92.5 cm³/mol. The third kappa shape index (κ3) is 3.89. The van der Waals surface area contributed by atoms with Crippen molar-refractivity contribution < 1.29 is 4.79 Å². The molecule has 1 saturated heterocycles. The van der Waals surface area contributed by atoms with Gasteiger partial charge in [-0.25, -0.2) is 4.98 Å². The summed E-state index contributed by atoms with van der Waals surface area (Å²) in [6.45, 7) is 5.37. The molecule has 1 aromatic heterocycles. The minimum Gasteiger partial charge on any atom is -0.353 e. The first-order chi connectivity index (χ1) is 11.2. The van der Waals surface area contributed by atoms with Crippen LogP contribution in [0.2, 0.25) is 0 Å². The highest BCUT2D eigenvalue weighted by Crippen LogP contribution is 2.20. The van der Waals surface area contributed by atoms with E-state index in [1.807, 2.05) is 47.5 Å². The van der Waals surface area contributed by atoms with Gasteiger partial charge >= 0.3 is 0 Å². The number of rotatable bonds is 4. The number of anilines is 1. The fourth-order valence-electron chi connectivity index (χ4n) is 3.02. The van der Waals surface area contributed by atoms with E-state index in [9.17, 15) is 4.79 Å². The van der Waals surface area contributed by atoms with Gasteiger partial charge in [0, 0.05) is 38.8 Å². The molecule has 1 unspecified atom stereocenters. The number of hydrogen-bond acceptors (Lipinski definition) is 3. The van der Waals surface area contributed by atoms with Gasteiger partial charge in [-0.2, -0.15) is 0 Å². The Hall–Kier alpha value is -2.36. The quantitative estimate of drug-likeness (QED) is 0.871. The van der Waals surface area contributed by atoms with Crippen LogP contribution in [-0.2, 0) is 4.79 Å². The molecule has 0 spiro atoms. The number of hydrogen-bond donors (Lipinski definition) is 0. The maximum atomic E-state index is 12.5. The highest BCUT2D eigenvalue weighted by Gasteiger charge is 2.23. The predicted octanol–water partition coefficient (Wildman–Crippen LogP) is 2.92. The number of amides is 1. The number of piperazine rings is 1. The Kier molecular flexibility index (Phi) is 4.91. The topological polar surface area (TPSA) is 36.4 Å². The zero-order chi connectivity index (χ0) is 16.1. The van der Waals surface area contributed by atoms with E-state index in [0.29, 0.717) is 6.42 Å². The van der Waals surface area contributed by atoms with Crippen molar-refractivity contribution in [2.75, 3.05) is 31.1 Å². The van der Waals surface area contributed by atoms with E-state index in [4.69, 9.17) is 0 Å². The molecule has 3 rings (SSSR count). The van der Waals surface area contributed by atoms with Crippen LogP contribution in [0.15, 0.2) is 54.7 Å². The van der Waals surface area contributed by atoms with Crippen molar-refractivity contribution in [1.29, 1.82) is 0 Å². The second-order valence-corrected chi connectivity index (χ2v) is 6.07. The molecule has 120 valence electrons. The van der Waals surface area contributed by atoms with Crippen LogP contribution in [0.25, 0.3) is 0 Å². The molecular weight excluding hydrogens is 286 g/mol. The normalized spacial score (nSPS) is 16.2. The van der Waals surface area contributed by atoms with Crippen molar-refractivity contribution in [2.45, 2.75) is 19.3 Å². The molecule has 0 N–H and O–H groups in total. The summed E-state index contributed by atoms with van der Waals surface area (Å²) in [6, 6.07) is 16.2. The van der Waals surface area contributed by atoms with Gasteiger partial charge in [0.1, 0.15) is 5.82 Å². The summed E-state index contributed by atoms with van der Waals surface area (Å²) in [6.07, 6.45) is 2.39. The maximum absolute atomic E-state index is 12.5. The molecule has 1 atom stereocenters. The Morgan fingerprint density at radius 1 is 1.04 bits per heavy atom. The van der Waals surface area contributed by atoms with E-state index in [1.54, 1.807) is 0 Å². The molecule has 4 heteroatoms. The lowest BCUT2D eigenvalue weighted by atomic mass is 9.97. The first kappa shape index (κ1) is 15.5. The third-order valence-corrected chi connectivity index (χ3v) is 4.46. The van der Waals surface area contributed by atoms with Gasteiger partial charge in [-0.3, -0.25) is 4.79 Å². The molecule has 2 aromatic rings. The van der Waals surface area contributed by atoms with Gasteiger partial charge in [0.15, 0.2) is 0 Å². The molecule has 4 nitrogen and oxygen atoms in total. The SMILES string of the molecule is CC(CC(=O)N1CCN(c2ccccn2)CC1)c1ccccc1. The summed E-state index contributed by atoms with van der Waals surface area (Å²) in [5, 5.41) is 0. The van der Waals surface area contributed by atoms with Gasteiger partial charge < -0.3 is 9.80 Å². The van der Waals surface area contributed by atoms with E-state index in [1.165, 1.54) is 5.56 Å². The molecule has 0 bridgehead atoms. The lowest BCUT2D eigenvalue weighted by Crippen LogP contribution is -2.49. The first-order valence-corrected chi connectivity index (χ1v) is 8.23. The Morgan fingerprint density at radius 3 is 2.39 bits per heavy atom. The number of nitrogens with zero attached hydrogens (tertiary/aromatic N) is 3. The molecular formula is C19H23N3O. The molecule has 1 aliphatic rings. The summed E-state index contributed by atoms with van der Waals surface area (Å²) in [7, 11) is 0. The largest absolute Gasteiger partial charge is 0.353 e. The summed E-state index contributed by atoms with van der Waals surface area (Å²) in [5.41, 5.74) is 1.23. The monoisotopic (exact) mass is 309 g/mol. The number of benzene rings is 1. The smallest absolute Gasteiger partial charge is 0.223 e. The zero-order valence-electron chi connectivity index (χ0n) is 13.6. The second kappa shape index (κ2) is 7.27. The Labute approximate surface area is 137 Å². The lowest BCUT2D eigenvalue weighted by Gasteiger charge is -2.35. The Balaban J connectivity index is 1.52. The number of carbonyl (C=O) groups excluding carboxylic acids is 1. The van der Waals surface area contributed by atoms with Crippen LogP contribution in [-0.4, -0.2) is 42.0 Å². The molecule has 23 heavy (non-hydrogen) atoms. The molecule has 1 amide bonds. The molecule has 1 aromatic carbocycles. The standard InChI is InChI=1S/C19H23N3O/c1-16(17-7-3-2-4-8-17)15-19(23)22-13-11-21(12-14-22)18-9-5-6-10-20-18/h2-10,16H,11-15H2,1H3. The van der Waals surface area contributed by atoms with Crippen LogP contribution in [0.5, 0.6) is 0 Å². The van der Waals surface area contributed by atoms with Gasteiger partial charge in [0.2, 0.25) is 5.91 Å². The van der Waals surface area contributed by atoms with Crippen LogP contribution in [0.1, 0.15) is 24.8 Å². The lowest BCUT2D eigenvalue weighted by molar-refractivity contribution is -0.131. The van der Waals surface area contributed by atoms with E-state index < -0.39 is 0 Å². The summed E-state index contributed by atoms with van der Waals surface area (Å²) < 4.78 is 0. The molecule has 1 aliphatic heterocycles. The van der Waals surface area contributed by atoms with Crippen molar-refractivity contribution in [1.82, 2.24) is 9.88 Å². The fourth-order valence-corrected chi connectivity index (χ4v) is 3.02. The minimum absolute atomic E-state index is 0.252. The van der Waals surface area contributed by atoms with Crippen molar-refractivity contribution in [3.05, 3.63) is 60.3 Å². The van der Waals surface area contributed by atoms with Crippen molar-refractivity contribution in [3.8, 4) is 0 Å². The molecule has 0 saturated carbocycles. The summed E-state index contributed by atoms with van der Waals surface area (Å²) in [4.78, 5) is 21.1. The number of pyridine rings is 1. The van der Waals surface area contributed by atoms with Crippen LogP contribution in [0.4, 0.5) is 5.82 Å². The van der Waals surface area contributed by atoms with Gasteiger partial charge in [-0.1, -0.05) is 43.3 Å². The van der Waals surface area contributed by atoms with Gasteiger partial charge in [0.25, 0.3) is 0 Å². The van der Waals surface area contributed by atoms with Crippen molar-refractivity contribution in [2.24, 2.45) is 0 Å². The van der Waals surface area contributed by atoms with E-state index in [2.05, 4.69) is 28.9 Å². The Morgan fingerprint density at radius 2 is 1.74 bits per heavy atom. The number of aromatic nitrogens is 1. The van der Waals surface area contributed by atoms with Gasteiger partial charge in [-0.05, 0) is 23.6 Å². The highest BCUT2D eigenvalue weighted by atomic mass is 16.2. The van der Waals surface area contributed by atoms with Crippen LogP contribution < -0.4 is 4.90 Å². The highest BCUT2D eigenvalue weighted by molar-refractivity contribution is 5.77. The first-order valence-electron chi connectivity index (χ1n) is 8.23. The zero-order valence-corrected chi connectivity index (χ0v) is 13.6. The van der Waals surface area contributed by atoms with Crippen LogP contribution >= 0.6 is 0 Å². The van der Waals surface area contributed by atoms with Crippen LogP contribution in [0.3, 0.4) is 0 Å². The number of carbonyl (C=O) groups is 1. The maximum Gasteiger partial charge on any atom is 0.223 e. The van der Waals surface area contributed by atoms with Crippen molar-refractivity contribution in [3.63, 3.8) is 0 Å². The molecule has 0 aliphatic carbocycles. The average molecular weight is 309 g/mol. The second-order valence-electron chi connectivity index (χ2n) is 6.07. The minimum atomic E-state index is 0.252. The summed E-state index contributed by atoms with van der Waals surface area (Å²) >= 11 is 0. The van der Waals surface area contributed by atoms with Crippen LogP contribution in [0, 0.1) is 0 Å². The van der Waals surface area contributed by atoms with E-state index in [0.717, 1.165) is 32.0 Å². The third-order valence-electron chi connectivity index (χ3n) is 4.46. The molecule has 0 radical (unpaired) electrons. The summed E-state index contributed by atoms with van der Waals surface area (Å²) in [5.74, 6) is 1.51. The fraction of sp³-hybridized carbons (Fsp3) is 0.368. The molecule has 1 fully saturated rings. The van der Waals surface area contributed by atoms with E-state index >= 15 is 0 Å². The Bertz CT molecular complexity index is 622. The van der Waals surface area contributed by atoms with Gasteiger partial charge in [0.05, 0.1) is 0 Å².